The van der Waals surface area contributed by atoms with E-state index in [2.05, 4.69) is 15.0 Å². The highest BCUT2D eigenvalue weighted by molar-refractivity contribution is 6.01. The Morgan fingerprint density at radius 2 is 1.88 bits per heavy atom. The van der Waals surface area contributed by atoms with E-state index in [1.165, 1.54) is 16.7 Å². The molecule has 7 nitrogen and oxygen atoms in total. The molecule has 3 rings (SSSR count). The van der Waals surface area contributed by atoms with Crippen LogP contribution >= 0.6 is 0 Å². The molecule has 0 fully saturated rings. The van der Waals surface area contributed by atoms with E-state index < -0.39 is 23.3 Å². The highest BCUT2D eigenvalue weighted by atomic mass is 19.4. The first-order valence-electron chi connectivity index (χ1n) is 7.20. The predicted molar refractivity (Wildman–Crippen MR) is 82.8 cm³/mol. The number of nitrogens with one attached hydrogen (secondary N) is 1. The summed E-state index contributed by atoms with van der Waals surface area (Å²) in [7, 11) is 0. The summed E-state index contributed by atoms with van der Waals surface area (Å²) in [6, 6.07) is 4.15. The lowest BCUT2D eigenvalue weighted by Crippen LogP contribution is -2.15. The molecule has 0 atom stereocenters. The summed E-state index contributed by atoms with van der Waals surface area (Å²) < 4.78 is 39.3. The molecule has 25 heavy (non-hydrogen) atoms. The first-order valence-corrected chi connectivity index (χ1v) is 7.20. The van der Waals surface area contributed by atoms with Crippen LogP contribution in [0.3, 0.4) is 0 Å². The molecule has 0 aliphatic heterocycles. The molecule has 10 heteroatoms. The number of aromatic amines is 1. The molecule has 1 amide bonds. The van der Waals surface area contributed by atoms with Gasteiger partial charge in [0.15, 0.2) is 17.2 Å². The monoisotopic (exact) mass is 351 g/mol. The molecule has 3 N–H and O–H groups in total. The van der Waals surface area contributed by atoms with Crippen molar-refractivity contribution >= 4 is 17.1 Å². The first kappa shape index (κ1) is 16.7. The third-order valence-corrected chi connectivity index (χ3v) is 3.64. The Hall–Kier alpha value is -3.17. The van der Waals surface area contributed by atoms with E-state index in [9.17, 15) is 22.8 Å². The maximum absolute atomic E-state index is 12.7. The zero-order valence-corrected chi connectivity index (χ0v) is 12.9. The first-order chi connectivity index (χ1) is 11.7. The Morgan fingerprint density at radius 3 is 2.40 bits per heavy atom. The van der Waals surface area contributed by atoms with Gasteiger partial charge < -0.3 is 10.7 Å². The van der Waals surface area contributed by atoms with Crippen molar-refractivity contribution in [2.75, 3.05) is 0 Å². The maximum atomic E-state index is 12.7. The fraction of sp³-hybridized carbons (Fsp3) is 0.200. The van der Waals surface area contributed by atoms with Crippen molar-refractivity contribution in [1.29, 1.82) is 0 Å². The van der Waals surface area contributed by atoms with Crippen molar-refractivity contribution in [3.8, 4) is 11.4 Å². The van der Waals surface area contributed by atoms with Crippen molar-refractivity contribution in [3.05, 3.63) is 46.0 Å². The summed E-state index contributed by atoms with van der Waals surface area (Å²) in [5.41, 5.74) is 4.30. The van der Waals surface area contributed by atoms with Crippen LogP contribution < -0.4 is 11.4 Å². The third kappa shape index (κ3) is 2.86. The molecule has 0 unspecified atom stereocenters. The molecule has 0 bridgehead atoms. The second-order valence-corrected chi connectivity index (χ2v) is 5.21. The number of aromatic nitrogens is 4. The standard InChI is InChI=1S/C15H12F3N5O2/c1-2-23-13-10(21-14(23)25)9(11(19)24)20-12(22-13)7-3-5-8(6-4-7)15(16,17)18/h3-6H,2H2,1H3,(H2,19,24)(H,21,25). The van der Waals surface area contributed by atoms with Gasteiger partial charge in [-0.15, -0.1) is 0 Å². The zero-order valence-electron chi connectivity index (χ0n) is 12.9. The third-order valence-electron chi connectivity index (χ3n) is 3.64. The summed E-state index contributed by atoms with van der Waals surface area (Å²) in [5.74, 6) is -0.888. The number of aryl methyl sites for hydroxylation is 1. The van der Waals surface area contributed by atoms with Crippen LogP contribution in [-0.2, 0) is 12.7 Å². The number of alkyl halides is 3. The van der Waals surface area contributed by atoms with E-state index in [-0.39, 0.29) is 34.8 Å². The Kier molecular flexibility index (Phi) is 3.82. The van der Waals surface area contributed by atoms with Gasteiger partial charge in [0.1, 0.15) is 5.52 Å². The lowest BCUT2D eigenvalue weighted by atomic mass is 10.1. The minimum atomic E-state index is -4.47. The number of nitrogens with two attached hydrogens (primary N) is 1. The van der Waals surface area contributed by atoms with Gasteiger partial charge in [-0.05, 0) is 19.1 Å². The molecule has 1 aromatic carbocycles. The van der Waals surface area contributed by atoms with Crippen LogP contribution in [0.25, 0.3) is 22.6 Å². The molecule has 2 aromatic heterocycles. The molecular weight excluding hydrogens is 339 g/mol. The number of carbonyl (C=O) groups is 1. The molecule has 0 spiro atoms. The second kappa shape index (κ2) is 5.72. The average molecular weight is 351 g/mol. The Labute approximate surface area is 138 Å². The molecule has 3 aromatic rings. The number of rotatable bonds is 3. The number of fused-ring (bicyclic) bond motifs is 1. The normalized spacial score (nSPS) is 11.8. The highest BCUT2D eigenvalue weighted by Crippen LogP contribution is 2.30. The quantitative estimate of drug-likeness (QED) is 0.752. The number of imidazole rings is 1. The largest absolute Gasteiger partial charge is 0.416 e. The number of H-pyrrole nitrogens is 1. The predicted octanol–water partition coefficient (Wildman–Crippen LogP) is 1.92. The number of amides is 1. The van der Waals surface area contributed by atoms with Gasteiger partial charge in [0.05, 0.1) is 5.56 Å². The summed E-state index contributed by atoms with van der Waals surface area (Å²) in [5, 5.41) is 0. The number of primary amides is 1. The summed E-state index contributed by atoms with van der Waals surface area (Å²) in [4.78, 5) is 34.2. The Morgan fingerprint density at radius 1 is 1.24 bits per heavy atom. The van der Waals surface area contributed by atoms with Crippen molar-refractivity contribution in [1.82, 2.24) is 19.5 Å². The number of carbonyl (C=O) groups excluding carboxylic acids is 1. The Bertz CT molecular complexity index is 1020. The molecule has 0 aliphatic rings. The second-order valence-electron chi connectivity index (χ2n) is 5.21. The summed E-state index contributed by atoms with van der Waals surface area (Å²) in [6.45, 7) is 1.99. The molecular formula is C15H12F3N5O2. The van der Waals surface area contributed by atoms with Crippen LogP contribution in [0.4, 0.5) is 13.2 Å². The van der Waals surface area contributed by atoms with E-state index in [0.717, 1.165) is 12.1 Å². The van der Waals surface area contributed by atoms with Crippen LogP contribution in [0, 0.1) is 0 Å². The molecule has 130 valence electrons. The van der Waals surface area contributed by atoms with Gasteiger partial charge in [-0.1, -0.05) is 12.1 Å². The molecule has 2 heterocycles. The SMILES string of the molecule is CCn1c(=O)[nH]c2c(C(N)=O)nc(-c3ccc(C(F)(F)F)cc3)nc21. The number of nitrogens with zero attached hydrogens (tertiary/aromatic N) is 3. The molecule has 0 saturated carbocycles. The van der Waals surface area contributed by atoms with Gasteiger partial charge in [-0.3, -0.25) is 9.36 Å². The summed E-state index contributed by atoms with van der Waals surface area (Å²) >= 11 is 0. The molecule has 0 saturated heterocycles. The van der Waals surface area contributed by atoms with Crippen LogP contribution in [0.2, 0.25) is 0 Å². The van der Waals surface area contributed by atoms with E-state index >= 15 is 0 Å². The van der Waals surface area contributed by atoms with Crippen molar-refractivity contribution < 1.29 is 18.0 Å². The van der Waals surface area contributed by atoms with Gasteiger partial charge in [0.2, 0.25) is 0 Å². The van der Waals surface area contributed by atoms with Crippen LogP contribution in [0.1, 0.15) is 23.0 Å². The van der Waals surface area contributed by atoms with Crippen molar-refractivity contribution in [2.45, 2.75) is 19.6 Å². The average Bonchev–Trinajstić information content (AvgIpc) is 2.88. The topological polar surface area (TPSA) is 107 Å². The highest BCUT2D eigenvalue weighted by Gasteiger charge is 2.30. The number of hydrogen-bond acceptors (Lipinski definition) is 4. The summed E-state index contributed by atoms with van der Waals surface area (Å²) in [6.07, 6.45) is -4.47. The van der Waals surface area contributed by atoms with Gasteiger partial charge in [-0.2, -0.15) is 13.2 Å². The van der Waals surface area contributed by atoms with Crippen LogP contribution in [0.5, 0.6) is 0 Å². The van der Waals surface area contributed by atoms with Gasteiger partial charge in [0, 0.05) is 12.1 Å². The van der Waals surface area contributed by atoms with Crippen molar-refractivity contribution in [2.24, 2.45) is 5.73 Å². The lowest BCUT2D eigenvalue weighted by Gasteiger charge is -2.08. The van der Waals surface area contributed by atoms with E-state index in [1.807, 2.05) is 0 Å². The zero-order chi connectivity index (χ0) is 18.4. The van der Waals surface area contributed by atoms with Crippen LogP contribution in [-0.4, -0.2) is 25.4 Å². The number of hydrogen-bond donors (Lipinski definition) is 2. The molecule has 0 radical (unpaired) electrons. The van der Waals surface area contributed by atoms with Gasteiger partial charge in [-0.25, -0.2) is 14.8 Å². The van der Waals surface area contributed by atoms with Gasteiger partial charge in [0.25, 0.3) is 5.91 Å². The maximum Gasteiger partial charge on any atom is 0.416 e. The number of halogens is 3. The fourth-order valence-electron chi connectivity index (χ4n) is 2.44. The lowest BCUT2D eigenvalue weighted by molar-refractivity contribution is -0.137. The van der Waals surface area contributed by atoms with E-state index in [1.54, 1.807) is 6.92 Å². The van der Waals surface area contributed by atoms with E-state index in [0.29, 0.717) is 0 Å². The van der Waals surface area contributed by atoms with Gasteiger partial charge >= 0.3 is 11.9 Å². The van der Waals surface area contributed by atoms with Crippen LogP contribution in [0.15, 0.2) is 29.1 Å². The fourth-order valence-corrected chi connectivity index (χ4v) is 2.44. The smallest absolute Gasteiger partial charge is 0.364 e. The van der Waals surface area contributed by atoms with Crippen molar-refractivity contribution in [3.63, 3.8) is 0 Å². The Balaban J connectivity index is 2.23. The minimum absolute atomic E-state index is 0.00350. The minimum Gasteiger partial charge on any atom is -0.364 e. The number of benzene rings is 1. The molecule has 0 aliphatic carbocycles. The van der Waals surface area contributed by atoms with E-state index in [4.69, 9.17) is 5.73 Å².